The fourth-order valence-electron chi connectivity index (χ4n) is 0.439. The summed E-state index contributed by atoms with van der Waals surface area (Å²) in [5.41, 5.74) is 10.3. The number of carbonyl (C=O) groups excluding carboxylic acids is 2. The third-order valence-electron chi connectivity index (χ3n) is 1.37. The van der Waals surface area contributed by atoms with Gasteiger partial charge in [-0.3, -0.25) is 9.59 Å². The predicted octanol–water partition coefficient (Wildman–Crippen LogP) is -0.935. The third kappa shape index (κ3) is 18.9. The predicted molar refractivity (Wildman–Crippen MR) is 81.9 cm³/mol. The molecule has 0 aromatic heterocycles. The van der Waals surface area contributed by atoms with Crippen molar-refractivity contribution in [1.82, 2.24) is 0 Å². The molecule has 11 heteroatoms. The van der Waals surface area contributed by atoms with Crippen LogP contribution in [0, 0.1) is 0 Å². The summed E-state index contributed by atoms with van der Waals surface area (Å²) in [5, 5.41) is 0. The number of carbonyl (C=O) groups is 2. The van der Waals surface area contributed by atoms with Crippen LogP contribution in [-0.4, -0.2) is 68.6 Å². The standard InChI is InChI=1S/2C4H9NO2S.2ClH.Sn/c2*1-7-4(6)3(5)2-8;;;/h2*3,8H,2,5H2,1H3;2*1H;/q;;;;+2/p-4. The summed E-state index contributed by atoms with van der Waals surface area (Å²) < 4.78 is 8.54. The van der Waals surface area contributed by atoms with E-state index in [4.69, 9.17) is 29.3 Å². The summed E-state index contributed by atoms with van der Waals surface area (Å²) in [6, 6.07) is -1.26. The van der Waals surface area contributed by atoms with Crippen LogP contribution in [-0.2, 0) is 44.3 Å². The molecule has 19 heavy (non-hydrogen) atoms. The van der Waals surface area contributed by atoms with Gasteiger partial charge in [0.05, 0.1) is 26.3 Å². The molecule has 0 aromatic rings. The van der Waals surface area contributed by atoms with Crippen LogP contribution in [0.3, 0.4) is 0 Å². The second-order valence-corrected chi connectivity index (χ2v) is 7.57. The van der Waals surface area contributed by atoms with E-state index >= 15 is 0 Å². The molecule has 0 bridgehead atoms. The van der Waals surface area contributed by atoms with Gasteiger partial charge in [0.25, 0.3) is 0 Å². The zero-order valence-electron chi connectivity index (χ0n) is 10.4. The fraction of sp³-hybridized carbons (Fsp3) is 0.750. The van der Waals surface area contributed by atoms with Crippen LogP contribution in [0.5, 0.6) is 0 Å². The van der Waals surface area contributed by atoms with Gasteiger partial charge in [0, 0.05) is 0 Å². The van der Waals surface area contributed by atoms with Gasteiger partial charge in [0.1, 0.15) is 0 Å². The van der Waals surface area contributed by atoms with Crippen molar-refractivity contribution >= 4 is 73.9 Å². The van der Waals surface area contributed by atoms with Gasteiger partial charge >= 0.3 is 48.7 Å². The quantitative estimate of drug-likeness (QED) is 0.317. The van der Waals surface area contributed by atoms with E-state index in [-0.39, 0.29) is 11.5 Å². The zero-order chi connectivity index (χ0) is 15.8. The molecule has 0 heterocycles. The van der Waals surface area contributed by atoms with Gasteiger partial charge in [-0.25, -0.2) is 0 Å². The van der Waals surface area contributed by atoms with Crippen LogP contribution in [0.4, 0.5) is 0 Å². The molecule has 0 aromatic carbocycles. The zero-order valence-corrected chi connectivity index (χ0v) is 16.4. The second-order valence-electron chi connectivity index (χ2n) is 2.66. The first kappa shape index (κ1) is 24.9. The van der Waals surface area contributed by atoms with Crippen LogP contribution in [0.25, 0.3) is 0 Å². The van der Waals surface area contributed by atoms with Crippen LogP contribution in [0.1, 0.15) is 0 Å². The van der Waals surface area contributed by atoms with E-state index in [0.29, 0.717) is 0 Å². The molecule has 2 unspecified atom stereocenters. The molecule has 0 saturated heterocycles. The summed E-state index contributed by atoms with van der Waals surface area (Å²) >= 11 is 8.16. The molecule has 0 aliphatic carbocycles. The van der Waals surface area contributed by atoms with E-state index in [1.165, 1.54) is 14.2 Å². The van der Waals surface area contributed by atoms with E-state index in [0.717, 1.165) is 0 Å². The van der Waals surface area contributed by atoms with Crippen molar-refractivity contribution in [1.29, 1.82) is 0 Å². The van der Waals surface area contributed by atoms with E-state index in [9.17, 15) is 9.59 Å². The molecule has 6 nitrogen and oxygen atoms in total. The number of rotatable bonds is 4. The number of nitrogens with two attached hydrogens (primary N) is 2. The SMILES string of the molecule is COC(=O)C(N)C[S-].COC(=O)C(N)C[S-].[Cl][Sn][Cl]. The van der Waals surface area contributed by atoms with Crippen LogP contribution >= 0.6 is 17.8 Å². The Kier molecular flexibility index (Phi) is 24.8. The topological polar surface area (TPSA) is 105 Å². The van der Waals surface area contributed by atoms with Crippen molar-refractivity contribution in [2.45, 2.75) is 12.1 Å². The molecular weight excluding hydrogens is 442 g/mol. The molecule has 2 radical (unpaired) electrons. The average Bonchev–Trinajstić information content (AvgIpc) is 2.45. The molecule has 0 spiro atoms. The van der Waals surface area contributed by atoms with Gasteiger partial charge in [0.15, 0.2) is 0 Å². The van der Waals surface area contributed by atoms with Gasteiger partial charge in [-0.05, 0) is 0 Å². The molecule has 0 aliphatic heterocycles. The van der Waals surface area contributed by atoms with Crippen LogP contribution in [0.2, 0.25) is 0 Å². The van der Waals surface area contributed by atoms with Gasteiger partial charge in [-0.2, -0.15) is 11.5 Å². The normalized spacial score (nSPS) is 11.8. The first-order valence-electron chi connectivity index (χ1n) is 4.65. The van der Waals surface area contributed by atoms with Crippen molar-refractivity contribution < 1.29 is 19.1 Å². The maximum atomic E-state index is 10.3. The molecule has 0 amide bonds. The summed E-state index contributed by atoms with van der Waals surface area (Å²) in [6.45, 7) is 0. The Morgan fingerprint density at radius 1 is 1.05 bits per heavy atom. The van der Waals surface area contributed by atoms with Crippen molar-refractivity contribution in [3.05, 3.63) is 0 Å². The fourth-order valence-corrected chi connectivity index (χ4v) is 0.711. The van der Waals surface area contributed by atoms with Crippen LogP contribution < -0.4 is 11.5 Å². The van der Waals surface area contributed by atoms with E-state index < -0.39 is 42.9 Å². The first-order valence-corrected chi connectivity index (χ1v) is 13.0. The Bertz CT molecular complexity index is 221. The minimum atomic E-state index is -0.826. The Morgan fingerprint density at radius 2 is 1.26 bits per heavy atom. The molecule has 4 N–H and O–H groups in total. The van der Waals surface area contributed by atoms with E-state index in [1.807, 2.05) is 0 Å². The summed E-state index contributed by atoms with van der Waals surface area (Å²) in [7, 11) is 12.4. The molecule has 0 fully saturated rings. The number of esters is 2. The Hall–Kier alpha value is 0.939. The average molecular weight is 458 g/mol. The molecule has 2 atom stereocenters. The maximum absolute atomic E-state index is 10.3. The van der Waals surface area contributed by atoms with Crippen LogP contribution in [0.15, 0.2) is 0 Å². The third-order valence-corrected chi connectivity index (χ3v) is 2.09. The monoisotopic (exact) mass is 458 g/mol. The first-order chi connectivity index (χ1) is 8.85. The van der Waals surface area contributed by atoms with Crippen molar-refractivity contribution in [3.8, 4) is 0 Å². The van der Waals surface area contributed by atoms with Crippen molar-refractivity contribution in [2.24, 2.45) is 11.5 Å². The Balaban J connectivity index is -0.000000224. The molecule has 114 valence electrons. The van der Waals surface area contributed by atoms with Gasteiger partial charge in [0.2, 0.25) is 0 Å². The van der Waals surface area contributed by atoms with Gasteiger partial charge in [-0.15, -0.1) is 0 Å². The molecule has 0 saturated carbocycles. The van der Waals surface area contributed by atoms with Crippen molar-refractivity contribution in [3.63, 3.8) is 0 Å². The number of hydrogen-bond donors (Lipinski definition) is 2. The molecular formula is C8H16Cl2N2O4S2Sn-2. The number of ether oxygens (including phenoxy) is 2. The van der Waals surface area contributed by atoms with E-state index in [2.05, 4.69) is 34.7 Å². The van der Waals surface area contributed by atoms with Crippen molar-refractivity contribution in [2.75, 3.05) is 25.7 Å². The number of hydrogen-bond acceptors (Lipinski definition) is 8. The molecule has 0 aliphatic rings. The Labute approximate surface area is 141 Å². The van der Waals surface area contributed by atoms with Gasteiger partial charge < -0.3 is 46.2 Å². The summed E-state index contributed by atoms with van der Waals surface area (Å²) in [5.74, 6) is -0.459. The second kappa shape index (κ2) is 18.9. The number of methoxy groups -OCH3 is 2. The Morgan fingerprint density at radius 3 is 1.32 bits per heavy atom. The van der Waals surface area contributed by atoms with E-state index in [1.54, 1.807) is 0 Å². The molecule has 0 rings (SSSR count). The van der Waals surface area contributed by atoms with Gasteiger partial charge in [-0.1, -0.05) is 0 Å². The summed E-state index contributed by atoms with van der Waals surface area (Å²) in [4.78, 5) is 20.7. The number of halogens is 2. The minimum absolute atomic E-state index is 0.215. The summed E-state index contributed by atoms with van der Waals surface area (Å²) in [6.07, 6.45) is 0.